The smallest absolute Gasteiger partial charge is 0.262 e. The molecule has 3 aromatic carbocycles. The van der Waals surface area contributed by atoms with Crippen LogP contribution in [0.5, 0.6) is 0 Å². The number of carbonyl (C=O) groups excluding carboxylic acids is 2. The molecule has 182 valence electrons. The number of rotatable bonds is 5. The van der Waals surface area contributed by atoms with E-state index in [1.807, 2.05) is 54.6 Å². The van der Waals surface area contributed by atoms with Gasteiger partial charge in [0.25, 0.3) is 5.91 Å². The Bertz CT molecular complexity index is 1380. The molecule has 6 nitrogen and oxygen atoms in total. The fourth-order valence-electron chi connectivity index (χ4n) is 4.09. The molecule has 0 saturated heterocycles. The minimum atomic E-state index is -0.679. The summed E-state index contributed by atoms with van der Waals surface area (Å²) in [5.41, 5.74) is 3.69. The standard InChI is InChI=1S/C27H22ClFN4O2S/c1-16-7-12-20(13-21(16)29)30-25(34)15-24-26(35)31-27(36-24)33-23(18-5-3-2-4-6-18)14-22(32-33)17-8-10-19(28)11-9-17/h2-13,23-24H,14-15H2,1H3,(H,30,34)/t23-,24+/m0/s1. The lowest BCUT2D eigenvalue weighted by molar-refractivity contribution is -0.121. The maximum absolute atomic E-state index is 13.8. The van der Waals surface area contributed by atoms with Gasteiger partial charge in [0.1, 0.15) is 11.1 Å². The average Bonchev–Trinajstić information content (AvgIpc) is 3.46. The summed E-state index contributed by atoms with van der Waals surface area (Å²) in [7, 11) is 0. The predicted molar refractivity (Wildman–Crippen MR) is 142 cm³/mol. The minimum Gasteiger partial charge on any atom is -0.326 e. The summed E-state index contributed by atoms with van der Waals surface area (Å²) in [6.07, 6.45) is 0.549. The van der Waals surface area contributed by atoms with E-state index in [2.05, 4.69) is 10.3 Å². The van der Waals surface area contributed by atoms with E-state index in [0.717, 1.165) is 16.8 Å². The number of hydrazone groups is 1. The Hall–Kier alpha value is -3.49. The summed E-state index contributed by atoms with van der Waals surface area (Å²) in [6, 6.07) is 21.7. The molecule has 2 aliphatic heterocycles. The van der Waals surface area contributed by atoms with Gasteiger partial charge < -0.3 is 5.32 Å². The van der Waals surface area contributed by atoms with Gasteiger partial charge >= 0.3 is 0 Å². The highest BCUT2D eigenvalue weighted by molar-refractivity contribution is 8.15. The van der Waals surface area contributed by atoms with Gasteiger partial charge in [-0.1, -0.05) is 71.9 Å². The van der Waals surface area contributed by atoms with E-state index in [1.165, 1.54) is 17.8 Å². The Balaban J connectivity index is 1.33. The van der Waals surface area contributed by atoms with Gasteiger partial charge in [-0.3, -0.25) is 9.59 Å². The second kappa shape index (κ2) is 10.2. The number of amidine groups is 1. The number of carbonyl (C=O) groups is 2. The molecule has 3 aromatic rings. The van der Waals surface area contributed by atoms with Gasteiger partial charge in [0, 0.05) is 23.6 Å². The van der Waals surface area contributed by atoms with Crippen molar-refractivity contribution in [3.05, 3.63) is 100 Å². The normalized spacial score (nSPS) is 19.3. The molecule has 1 N–H and O–H groups in total. The van der Waals surface area contributed by atoms with Crippen LogP contribution in [0.15, 0.2) is 82.9 Å². The number of halogens is 2. The molecule has 2 amide bonds. The summed E-state index contributed by atoms with van der Waals surface area (Å²) >= 11 is 7.27. The van der Waals surface area contributed by atoms with Crippen molar-refractivity contribution in [2.24, 2.45) is 10.1 Å². The van der Waals surface area contributed by atoms with Crippen LogP contribution in [0.1, 0.15) is 35.6 Å². The SMILES string of the molecule is Cc1ccc(NC(=O)C[C@H]2SC(N3N=C(c4ccc(Cl)cc4)C[C@H]3c3ccccc3)=NC2=O)cc1F. The molecule has 36 heavy (non-hydrogen) atoms. The van der Waals surface area contributed by atoms with E-state index >= 15 is 0 Å². The number of nitrogens with zero attached hydrogens (tertiary/aromatic N) is 3. The van der Waals surface area contributed by atoms with Gasteiger partial charge in [0.05, 0.1) is 11.8 Å². The van der Waals surface area contributed by atoms with Crippen LogP contribution in [0.2, 0.25) is 5.02 Å². The molecule has 0 fully saturated rings. The Labute approximate surface area is 217 Å². The highest BCUT2D eigenvalue weighted by atomic mass is 35.5. The molecule has 0 spiro atoms. The van der Waals surface area contributed by atoms with Crippen LogP contribution in [0.4, 0.5) is 10.1 Å². The predicted octanol–water partition coefficient (Wildman–Crippen LogP) is 5.97. The second-order valence-electron chi connectivity index (χ2n) is 8.58. The number of benzene rings is 3. The Morgan fingerprint density at radius 1 is 1.14 bits per heavy atom. The van der Waals surface area contributed by atoms with Crippen molar-refractivity contribution in [3.8, 4) is 0 Å². The molecule has 0 radical (unpaired) electrons. The zero-order chi connectivity index (χ0) is 25.2. The quantitative estimate of drug-likeness (QED) is 0.450. The number of hydrogen-bond donors (Lipinski definition) is 1. The maximum Gasteiger partial charge on any atom is 0.262 e. The molecular weight excluding hydrogens is 499 g/mol. The third kappa shape index (κ3) is 5.20. The third-order valence-corrected chi connectivity index (χ3v) is 7.42. The zero-order valence-electron chi connectivity index (χ0n) is 19.3. The van der Waals surface area contributed by atoms with E-state index in [0.29, 0.717) is 27.9 Å². The van der Waals surface area contributed by atoms with Crippen LogP contribution < -0.4 is 5.32 Å². The van der Waals surface area contributed by atoms with E-state index in [9.17, 15) is 14.0 Å². The van der Waals surface area contributed by atoms with Crippen LogP contribution >= 0.6 is 23.4 Å². The molecule has 0 bridgehead atoms. The van der Waals surface area contributed by atoms with Gasteiger partial charge in [-0.25, -0.2) is 9.40 Å². The van der Waals surface area contributed by atoms with Crippen LogP contribution in [0.25, 0.3) is 0 Å². The largest absolute Gasteiger partial charge is 0.326 e. The number of thioether (sulfide) groups is 1. The van der Waals surface area contributed by atoms with Gasteiger partial charge in [0.15, 0.2) is 5.17 Å². The maximum atomic E-state index is 13.8. The molecule has 0 saturated carbocycles. The van der Waals surface area contributed by atoms with E-state index < -0.39 is 11.1 Å². The topological polar surface area (TPSA) is 74.1 Å². The third-order valence-electron chi connectivity index (χ3n) is 6.02. The van der Waals surface area contributed by atoms with E-state index in [1.54, 1.807) is 24.1 Å². The fourth-order valence-corrected chi connectivity index (χ4v) is 5.28. The van der Waals surface area contributed by atoms with Gasteiger partial charge in [-0.15, -0.1) is 0 Å². The van der Waals surface area contributed by atoms with Gasteiger partial charge in [-0.05, 0) is 47.9 Å². The lowest BCUT2D eigenvalue weighted by atomic mass is 9.99. The Morgan fingerprint density at radius 3 is 2.61 bits per heavy atom. The number of anilines is 1. The van der Waals surface area contributed by atoms with Crippen LogP contribution in [-0.2, 0) is 9.59 Å². The molecule has 0 unspecified atom stereocenters. The number of hydrogen-bond acceptors (Lipinski definition) is 5. The van der Waals surface area contributed by atoms with Crippen molar-refractivity contribution in [3.63, 3.8) is 0 Å². The summed E-state index contributed by atoms with van der Waals surface area (Å²) in [5, 5.41) is 9.68. The van der Waals surface area contributed by atoms with E-state index in [4.69, 9.17) is 16.7 Å². The first-order chi connectivity index (χ1) is 17.4. The number of amides is 2. The highest BCUT2D eigenvalue weighted by Gasteiger charge is 2.39. The molecule has 9 heteroatoms. The van der Waals surface area contributed by atoms with Crippen molar-refractivity contribution in [2.45, 2.75) is 31.1 Å². The molecular formula is C27H22ClFN4O2S. The number of aryl methyl sites for hydroxylation is 1. The highest BCUT2D eigenvalue weighted by Crippen LogP contribution is 2.38. The van der Waals surface area contributed by atoms with Crippen molar-refractivity contribution in [1.29, 1.82) is 0 Å². The number of nitrogens with one attached hydrogen (secondary N) is 1. The van der Waals surface area contributed by atoms with Crippen molar-refractivity contribution in [2.75, 3.05) is 5.32 Å². The van der Waals surface area contributed by atoms with Crippen molar-refractivity contribution in [1.82, 2.24) is 5.01 Å². The van der Waals surface area contributed by atoms with Crippen LogP contribution in [0, 0.1) is 12.7 Å². The lowest BCUT2D eigenvalue weighted by Crippen LogP contribution is -2.25. The van der Waals surface area contributed by atoms with Crippen molar-refractivity contribution >= 4 is 51.7 Å². The first-order valence-corrected chi connectivity index (χ1v) is 12.7. The zero-order valence-corrected chi connectivity index (χ0v) is 20.9. The molecule has 2 atom stereocenters. The summed E-state index contributed by atoms with van der Waals surface area (Å²) < 4.78 is 13.8. The minimum absolute atomic E-state index is 0.0798. The second-order valence-corrected chi connectivity index (χ2v) is 10.2. The van der Waals surface area contributed by atoms with Crippen LogP contribution in [0.3, 0.4) is 0 Å². The first kappa shape index (κ1) is 24.2. The van der Waals surface area contributed by atoms with Crippen molar-refractivity contribution < 1.29 is 14.0 Å². The van der Waals surface area contributed by atoms with Crippen LogP contribution in [-0.4, -0.2) is 33.0 Å². The monoisotopic (exact) mass is 520 g/mol. The van der Waals surface area contributed by atoms with Gasteiger partial charge in [0.2, 0.25) is 5.91 Å². The fraction of sp³-hybridized carbons (Fsp3) is 0.185. The molecule has 2 aliphatic rings. The first-order valence-electron chi connectivity index (χ1n) is 11.4. The Morgan fingerprint density at radius 2 is 1.89 bits per heavy atom. The van der Waals surface area contributed by atoms with E-state index in [-0.39, 0.29) is 24.3 Å². The summed E-state index contributed by atoms with van der Waals surface area (Å²) in [5.74, 6) is -1.17. The summed E-state index contributed by atoms with van der Waals surface area (Å²) in [6.45, 7) is 1.65. The number of aliphatic imine (C=N–C) groups is 1. The molecule has 0 aromatic heterocycles. The average molecular weight is 521 g/mol. The lowest BCUT2D eigenvalue weighted by Gasteiger charge is -2.23. The van der Waals surface area contributed by atoms with Gasteiger partial charge in [-0.2, -0.15) is 10.1 Å². The molecule has 2 heterocycles. The molecule has 5 rings (SSSR count). The molecule has 0 aliphatic carbocycles. The summed E-state index contributed by atoms with van der Waals surface area (Å²) in [4.78, 5) is 29.6. The Kier molecular flexibility index (Phi) is 6.89.